The maximum Gasteiger partial charge on any atom is 0.410 e. The minimum absolute atomic E-state index is 0.0898. The Bertz CT molecular complexity index is 1110. The SMILES string of the molecule is CC(C)(C)OC(=O)N1CCC(NC(=O)c2ccc(S(=O)(=O)Nc3ccccc3F)cc2)CC1. The summed E-state index contributed by atoms with van der Waals surface area (Å²) in [5, 5.41) is 2.92. The summed E-state index contributed by atoms with van der Waals surface area (Å²) in [5.74, 6) is -1.02. The minimum atomic E-state index is -4.00. The molecule has 0 atom stereocenters. The van der Waals surface area contributed by atoms with Gasteiger partial charge in [-0.2, -0.15) is 0 Å². The van der Waals surface area contributed by atoms with Crippen molar-refractivity contribution >= 4 is 27.7 Å². The molecule has 1 saturated heterocycles. The summed E-state index contributed by atoms with van der Waals surface area (Å²) in [6.45, 7) is 6.37. The second-order valence-corrected chi connectivity index (χ2v) is 10.5. The van der Waals surface area contributed by atoms with Crippen LogP contribution in [-0.4, -0.2) is 50.1 Å². The van der Waals surface area contributed by atoms with E-state index in [1.54, 1.807) is 4.90 Å². The number of nitrogens with one attached hydrogen (secondary N) is 2. The van der Waals surface area contributed by atoms with Gasteiger partial charge in [0.25, 0.3) is 15.9 Å². The predicted octanol–water partition coefficient (Wildman–Crippen LogP) is 3.76. The molecule has 3 rings (SSSR count). The molecule has 0 saturated carbocycles. The van der Waals surface area contributed by atoms with Crippen LogP contribution >= 0.6 is 0 Å². The van der Waals surface area contributed by atoms with Gasteiger partial charge < -0.3 is 15.0 Å². The fourth-order valence-corrected chi connectivity index (χ4v) is 4.40. The summed E-state index contributed by atoms with van der Waals surface area (Å²) in [6.07, 6.45) is 0.807. The van der Waals surface area contributed by atoms with Crippen LogP contribution in [0.15, 0.2) is 53.4 Å². The molecule has 0 aromatic heterocycles. The van der Waals surface area contributed by atoms with Crippen molar-refractivity contribution in [2.75, 3.05) is 17.8 Å². The predicted molar refractivity (Wildman–Crippen MR) is 122 cm³/mol. The second-order valence-electron chi connectivity index (χ2n) is 8.82. The average molecular weight is 478 g/mol. The summed E-state index contributed by atoms with van der Waals surface area (Å²) >= 11 is 0. The van der Waals surface area contributed by atoms with Gasteiger partial charge in [0, 0.05) is 24.7 Å². The lowest BCUT2D eigenvalue weighted by Gasteiger charge is -2.33. The van der Waals surface area contributed by atoms with E-state index in [4.69, 9.17) is 4.74 Å². The van der Waals surface area contributed by atoms with Gasteiger partial charge in [0.1, 0.15) is 11.4 Å². The van der Waals surface area contributed by atoms with Gasteiger partial charge in [-0.15, -0.1) is 0 Å². The zero-order valence-electron chi connectivity index (χ0n) is 18.8. The van der Waals surface area contributed by atoms with Crippen molar-refractivity contribution in [1.82, 2.24) is 10.2 Å². The van der Waals surface area contributed by atoms with E-state index in [0.717, 1.165) is 6.07 Å². The first-order chi connectivity index (χ1) is 15.4. The monoisotopic (exact) mass is 477 g/mol. The molecule has 33 heavy (non-hydrogen) atoms. The molecule has 0 radical (unpaired) electrons. The van der Waals surface area contributed by atoms with Crippen molar-refractivity contribution in [2.45, 2.75) is 50.2 Å². The number of anilines is 1. The normalized spacial score (nSPS) is 15.1. The van der Waals surface area contributed by atoms with Gasteiger partial charge in [0.15, 0.2) is 0 Å². The first-order valence-corrected chi connectivity index (χ1v) is 12.1. The van der Waals surface area contributed by atoms with E-state index >= 15 is 0 Å². The van der Waals surface area contributed by atoms with Gasteiger partial charge in [-0.3, -0.25) is 9.52 Å². The molecule has 178 valence electrons. The molecule has 2 amide bonds. The van der Waals surface area contributed by atoms with Crippen LogP contribution in [0, 0.1) is 5.82 Å². The topological polar surface area (TPSA) is 105 Å². The number of carbonyl (C=O) groups is 2. The number of hydrogen-bond acceptors (Lipinski definition) is 5. The number of sulfonamides is 1. The highest BCUT2D eigenvalue weighted by Crippen LogP contribution is 2.20. The maximum atomic E-state index is 13.8. The van der Waals surface area contributed by atoms with E-state index in [-0.39, 0.29) is 28.6 Å². The largest absolute Gasteiger partial charge is 0.444 e. The van der Waals surface area contributed by atoms with Crippen LogP contribution in [0.25, 0.3) is 0 Å². The molecular weight excluding hydrogens is 449 g/mol. The molecule has 0 unspecified atom stereocenters. The smallest absolute Gasteiger partial charge is 0.410 e. The Hall–Kier alpha value is -3.14. The highest BCUT2D eigenvalue weighted by atomic mass is 32.2. The van der Waals surface area contributed by atoms with Crippen LogP contribution in [-0.2, 0) is 14.8 Å². The molecule has 2 aromatic rings. The van der Waals surface area contributed by atoms with Crippen molar-refractivity contribution in [3.8, 4) is 0 Å². The van der Waals surface area contributed by atoms with Crippen LogP contribution < -0.4 is 10.0 Å². The Balaban J connectivity index is 1.56. The fourth-order valence-electron chi connectivity index (χ4n) is 3.33. The van der Waals surface area contributed by atoms with E-state index in [0.29, 0.717) is 31.5 Å². The molecule has 0 bridgehead atoms. The molecule has 1 aliphatic rings. The van der Waals surface area contributed by atoms with Gasteiger partial charge in [-0.1, -0.05) is 12.1 Å². The molecule has 1 heterocycles. The highest BCUT2D eigenvalue weighted by molar-refractivity contribution is 7.92. The maximum absolute atomic E-state index is 13.8. The number of likely N-dealkylation sites (tertiary alicyclic amines) is 1. The molecule has 8 nitrogen and oxygen atoms in total. The van der Waals surface area contributed by atoms with Crippen molar-refractivity contribution in [3.05, 3.63) is 59.9 Å². The summed E-state index contributed by atoms with van der Waals surface area (Å²) in [4.78, 5) is 26.3. The zero-order valence-corrected chi connectivity index (χ0v) is 19.6. The Kier molecular flexibility index (Phi) is 7.26. The summed E-state index contributed by atoms with van der Waals surface area (Å²) in [7, 11) is -4.00. The molecule has 1 aliphatic heterocycles. The second kappa shape index (κ2) is 9.78. The van der Waals surface area contributed by atoms with Gasteiger partial charge in [0.2, 0.25) is 0 Å². The number of rotatable bonds is 5. The van der Waals surface area contributed by atoms with E-state index in [1.807, 2.05) is 20.8 Å². The first-order valence-electron chi connectivity index (χ1n) is 10.6. The van der Waals surface area contributed by atoms with Crippen LogP contribution in [0.4, 0.5) is 14.9 Å². The van der Waals surface area contributed by atoms with Gasteiger partial charge in [0.05, 0.1) is 10.6 Å². The van der Waals surface area contributed by atoms with Crippen LogP contribution in [0.3, 0.4) is 0 Å². The lowest BCUT2D eigenvalue weighted by molar-refractivity contribution is 0.0199. The molecule has 1 fully saturated rings. The quantitative estimate of drug-likeness (QED) is 0.682. The van der Waals surface area contributed by atoms with Gasteiger partial charge in [-0.25, -0.2) is 17.6 Å². The van der Waals surface area contributed by atoms with E-state index in [9.17, 15) is 22.4 Å². The van der Waals surface area contributed by atoms with Crippen molar-refractivity contribution in [1.29, 1.82) is 0 Å². The molecule has 2 N–H and O–H groups in total. The first kappa shape index (κ1) is 24.5. The number of ether oxygens (including phenoxy) is 1. The van der Waals surface area contributed by atoms with Crippen LogP contribution in [0.2, 0.25) is 0 Å². The van der Waals surface area contributed by atoms with E-state index in [2.05, 4.69) is 10.0 Å². The third-order valence-corrected chi connectivity index (χ3v) is 6.41. The molecule has 0 aliphatic carbocycles. The number of carbonyl (C=O) groups excluding carboxylic acids is 2. The average Bonchev–Trinajstić information content (AvgIpc) is 2.74. The number of hydrogen-bond donors (Lipinski definition) is 2. The Morgan fingerprint density at radius 1 is 1.03 bits per heavy atom. The standard InChI is InChI=1S/C23H28FN3O5S/c1-23(2,3)32-22(29)27-14-12-17(13-15-27)25-21(28)16-8-10-18(11-9-16)33(30,31)26-20-7-5-4-6-19(20)24/h4-11,17,26H,12-15H2,1-3H3,(H,25,28). The molecular formula is C23H28FN3O5S. The number of amides is 2. The zero-order chi connectivity index (χ0) is 24.2. The summed E-state index contributed by atoms with van der Waals surface area (Å²) < 4.78 is 46.3. The third kappa shape index (κ3) is 6.67. The Morgan fingerprint density at radius 2 is 1.64 bits per heavy atom. The Morgan fingerprint density at radius 3 is 2.21 bits per heavy atom. The number of halogens is 1. The molecule has 0 spiro atoms. The van der Waals surface area contributed by atoms with E-state index < -0.39 is 21.4 Å². The molecule has 10 heteroatoms. The molecule has 2 aromatic carbocycles. The van der Waals surface area contributed by atoms with E-state index in [1.165, 1.54) is 42.5 Å². The minimum Gasteiger partial charge on any atom is -0.444 e. The summed E-state index contributed by atoms with van der Waals surface area (Å²) in [6, 6.07) is 10.7. The highest BCUT2D eigenvalue weighted by Gasteiger charge is 2.27. The van der Waals surface area contributed by atoms with Crippen molar-refractivity contribution < 1.29 is 27.1 Å². The lowest BCUT2D eigenvalue weighted by atomic mass is 10.0. The summed E-state index contributed by atoms with van der Waals surface area (Å²) in [5.41, 5.74) is -0.418. The lowest BCUT2D eigenvalue weighted by Crippen LogP contribution is -2.47. The van der Waals surface area contributed by atoms with Crippen LogP contribution in [0.5, 0.6) is 0 Å². The Labute approximate surface area is 193 Å². The number of nitrogens with zero attached hydrogens (tertiary/aromatic N) is 1. The number of piperidine rings is 1. The third-order valence-electron chi connectivity index (χ3n) is 5.03. The van der Waals surface area contributed by atoms with Gasteiger partial charge in [-0.05, 0) is 70.0 Å². The van der Waals surface area contributed by atoms with Gasteiger partial charge >= 0.3 is 6.09 Å². The fraction of sp³-hybridized carbons (Fsp3) is 0.391. The van der Waals surface area contributed by atoms with Crippen molar-refractivity contribution in [2.24, 2.45) is 0 Å². The number of benzene rings is 2. The van der Waals surface area contributed by atoms with Crippen LogP contribution in [0.1, 0.15) is 44.0 Å². The van der Waals surface area contributed by atoms with Crippen molar-refractivity contribution in [3.63, 3.8) is 0 Å². The number of para-hydroxylation sites is 1.